The summed E-state index contributed by atoms with van der Waals surface area (Å²) in [5, 5.41) is 2.87. The van der Waals surface area contributed by atoms with Crippen LogP contribution in [0.5, 0.6) is 0 Å². The second-order valence-electron chi connectivity index (χ2n) is 7.15. The van der Waals surface area contributed by atoms with E-state index in [2.05, 4.69) is 34.5 Å². The highest BCUT2D eigenvalue weighted by atomic mass is 32.2. The van der Waals surface area contributed by atoms with E-state index in [9.17, 15) is 13.2 Å². The number of piperazine rings is 1. The first-order valence-corrected chi connectivity index (χ1v) is 12.1. The van der Waals surface area contributed by atoms with Crippen LogP contribution in [0.4, 0.5) is 0 Å². The van der Waals surface area contributed by atoms with Crippen LogP contribution in [0, 0.1) is 6.92 Å². The first-order chi connectivity index (χ1) is 13.9. The third-order valence-electron chi connectivity index (χ3n) is 4.87. The monoisotopic (exact) mass is 433 g/mol. The molecule has 1 aliphatic heterocycles. The second-order valence-corrected chi connectivity index (χ2v) is 10.3. The molecular weight excluding hydrogens is 406 g/mol. The maximum Gasteiger partial charge on any atom is 0.251 e. The van der Waals surface area contributed by atoms with Crippen LogP contribution in [-0.4, -0.2) is 69.1 Å². The summed E-state index contributed by atoms with van der Waals surface area (Å²) >= 11 is 1.67. The van der Waals surface area contributed by atoms with Crippen molar-refractivity contribution in [1.82, 2.24) is 14.5 Å². The summed E-state index contributed by atoms with van der Waals surface area (Å²) in [7, 11) is -1.61. The lowest BCUT2D eigenvalue weighted by molar-refractivity contribution is 0.0956. The highest BCUT2D eigenvalue weighted by Crippen LogP contribution is 2.19. The van der Waals surface area contributed by atoms with Gasteiger partial charge in [-0.05, 0) is 44.3 Å². The number of thioether (sulfide) groups is 1. The molecule has 0 unspecified atom stereocenters. The van der Waals surface area contributed by atoms with Crippen molar-refractivity contribution in [3.63, 3.8) is 0 Å². The van der Waals surface area contributed by atoms with Gasteiger partial charge in [-0.2, -0.15) is 4.31 Å². The van der Waals surface area contributed by atoms with Crippen molar-refractivity contribution in [3.05, 3.63) is 59.7 Å². The molecule has 156 valence electrons. The zero-order chi connectivity index (χ0) is 20.9. The van der Waals surface area contributed by atoms with Gasteiger partial charge in [-0.3, -0.25) is 4.79 Å². The summed E-state index contributed by atoms with van der Waals surface area (Å²) < 4.78 is 27.3. The minimum atomic E-state index is -3.58. The van der Waals surface area contributed by atoms with Crippen molar-refractivity contribution >= 4 is 27.7 Å². The van der Waals surface area contributed by atoms with Crippen LogP contribution in [0.3, 0.4) is 0 Å². The molecule has 1 aliphatic rings. The molecule has 6 nitrogen and oxygen atoms in total. The van der Waals surface area contributed by atoms with E-state index in [-0.39, 0.29) is 10.8 Å². The summed E-state index contributed by atoms with van der Waals surface area (Å²) in [5.74, 6) is 0.485. The number of benzene rings is 2. The zero-order valence-electron chi connectivity index (χ0n) is 16.8. The van der Waals surface area contributed by atoms with Gasteiger partial charge in [0.25, 0.3) is 5.91 Å². The number of hydrogen-bond donors (Lipinski definition) is 1. The number of amides is 1. The minimum absolute atomic E-state index is 0.170. The Bertz CT molecular complexity index is 938. The first kappa shape index (κ1) is 21.8. The Morgan fingerprint density at radius 1 is 1.07 bits per heavy atom. The normalized spacial score (nSPS) is 15.9. The largest absolute Gasteiger partial charge is 0.351 e. The summed E-state index contributed by atoms with van der Waals surface area (Å²) in [6.45, 7) is 4.90. The lowest BCUT2D eigenvalue weighted by Gasteiger charge is -2.31. The Kier molecular flexibility index (Phi) is 7.34. The van der Waals surface area contributed by atoms with Crippen molar-refractivity contribution in [2.24, 2.45) is 0 Å². The topological polar surface area (TPSA) is 69.7 Å². The van der Waals surface area contributed by atoms with Crippen LogP contribution in [0.15, 0.2) is 58.3 Å². The van der Waals surface area contributed by atoms with Crippen LogP contribution in [0.2, 0.25) is 0 Å². The number of sulfonamides is 1. The van der Waals surface area contributed by atoms with Gasteiger partial charge in [0.05, 0.1) is 4.90 Å². The number of carbonyl (C=O) groups is 1. The van der Waals surface area contributed by atoms with Gasteiger partial charge in [0, 0.05) is 48.9 Å². The Morgan fingerprint density at radius 3 is 2.45 bits per heavy atom. The fourth-order valence-electron chi connectivity index (χ4n) is 3.05. The van der Waals surface area contributed by atoms with Crippen molar-refractivity contribution in [3.8, 4) is 0 Å². The number of carbonyl (C=O) groups excluding carboxylic acids is 1. The van der Waals surface area contributed by atoms with Gasteiger partial charge in [0.1, 0.15) is 0 Å². The molecule has 1 N–H and O–H groups in total. The molecule has 1 amide bonds. The molecule has 1 heterocycles. The Morgan fingerprint density at radius 2 is 1.76 bits per heavy atom. The molecule has 3 rings (SSSR count). The fraction of sp³-hybridized carbons (Fsp3) is 0.381. The molecule has 0 atom stereocenters. The van der Waals surface area contributed by atoms with E-state index < -0.39 is 10.0 Å². The van der Waals surface area contributed by atoms with Crippen LogP contribution in [0.1, 0.15) is 15.9 Å². The number of hydrogen-bond acceptors (Lipinski definition) is 5. The number of rotatable bonds is 7. The van der Waals surface area contributed by atoms with Crippen LogP contribution < -0.4 is 5.32 Å². The van der Waals surface area contributed by atoms with E-state index >= 15 is 0 Å². The summed E-state index contributed by atoms with van der Waals surface area (Å²) in [6.07, 6.45) is 0. The van der Waals surface area contributed by atoms with Crippen molar-refractivity contribution < 1.29 is 13.2 Å². The quantitative estimate of drug-likeness (QED) is 0.537. The predicted molar refractivity (Wildman–Crippen MR) is 117 cm³/mol. The SMILES string of the molecule is Cc1ccc(SCCNC(=O)c2cccc(S(=O)(=O)N3CCN(C)CC3)c2)cc1. The molecule has 8 heteroatoms. The van der Waals surface area contributed by atoms with E-state index in [0.29, 0.717) is 38.3 Å². The van der Waals surface area contributed by atoms with E-state index in [4.69, 9.17) is 0 Å². The van der Waals surface area contributed by atoms with Crippen LogP contribution >= 0.6 is 11.8 Å². The molecule has 2 aromatic carbocycles. The number of nitrogens with zero attached hydrogens (tertiary/aromatic N) is 2. The zero-order valence-corrected chi connectivity index (χ0v) is 18.4. The summed E-state index contributed by atoms with van der Waals surface area (Å²) in [4.78, 5) is 15.9. The van der Waals surface area contributed by atoms with Gasteiger partial charge < -0.3 is 10.2 Å². The van der Waals surface area contributed by atoms with Gasteiger partial charge in [0.15, 0.2) is 0 Å². The molecular formula is C21H27N3O3S2. The maximum absolute atomic E-state index is 12.9. The van der Waals surface area contributed by atoms with E-state index in [1.807, 2.05) is 14.0 Å². The third-order valence-corrected chi connectivity index (χ3v) is 7.78. The van der Waals surface area contributed by atoms with Gasteiger partial charge >= 0.3 is 0 Å². The molecule has 0 spiro atoms. The average Bonchev–Trinajstić information content (AvgIpc) is 2.73. The standard InChI is InChI=1S/C21H27N3O3S2/c1-17-6-8-19(9-7-17)28-15-10-22-21(25)18-4-3-5-20(16-18)29(26,27)24-13-11-23(2)12-14-24/h3-9,16H,10-15H2,1-2H3,(H,22,25). The fourth-order valence-corrected chi connectivity index (χ4v) is 5.28. The molecule has 0 aromatic heterocycles. The Balaban J connectivity index is 1.56. The van der Waals surface area contributed by atoms with Gasteiger partial charge in [-0.1, -0.05) is 23.8 Å². The molecule has 2 aromatic rings. The molecule has 0 saturated carbocycles. The molecule has 0 bridgehead atoms. The van der Waals surface area contributed by atoms with Crippen molar-refractivity contribution in [1.29, 1.82) is 0 Å². The Labute approximate surface area is 177 Å². The van der Waals surface area contributed by atoms with Crippen molar-refractivity contribution in [2.45, 2.75) is 16.7 Å². The van der Waals surface area contributed by atoms with Crippen LogP contribution in [0.25, 0.3) is 0 Å². The number of aryl methyl sites for hydroxylation is 1. The summed E-state index contributed by atoms with van der Waals surface area (Å²) in [6, 6.07) is 14.5. The Hall–Kier alpha value is -1.87. The smallest absolute Gasteiger partial charge is 0.251 e. The van der Waals surface area contributed by atoms with E-state index in [0.717, 1.165) is 10.6 Å². The molecule has 29 heavy (non-hydrogen) atoms. The number of likely N-dealkylation sites (N-methyl/N-ethyl adjacent to an activating group) is 1. The highest BCUT2D eigenvalue weighted by molar-refractivity contribution is 7.99. The molecule has 1 fully saturated rings. The summed E-state index contributed by atoms with van der Waals surface area (Å²) in [5.41, 5.74) is 1.58. The minimum Gasteiger partial charge on any atom is -0.351 e. The highest BCUT2D eigenvalue weighted by Gasteiger charge is 2.27. The van der Waals surface area contributed by atoms with Crippen LogP contribution in [-0.2, 0) is 10.0 Å². The maximum atomic E-state index is 12.9. The van der Waals surface area contributed by atoms with E-state index in [1.54, 1.807) is 30.0 Å². The lowest BCUT2D eigenvalue weighted by Crippen LogP contribution is -2.47. The van der Waals surface area contributed by atoms with Crippen molar-refractivity contribution in [2.75, 3.05) is 45.5 Å². The second kappa shape index (κ2) is 9.75. The molecule has 0 aliphatic carbocycles. The average molecular weight is 434 g/mol. The van der Waals surface area contributed by atoms with Gasteiger partial charge in [0.2, 0.25) is 10.0 Å². The number of nitrogens with one attached hydrogen (secondary N) is 1. The molecule has 0 radical (unpaired) electrons. The molecule has 1 saturated heterocycles. The third kappa shape index (κ3) is 5.82. The van der Waals surface area contributed by atoms with Gasteiger partial charge in [-0.25, -0.2) is 8.42 Å². The van der Waals surface area contributed by atoms with E-state index in [1.165, 1.54) is 15.9 Å². The predicted octanol–water partition coefficient (Wildman–Crippen LogP) is 2.45. The first-order valence-electron chi connectivity index (χ1n) is 9.63. The lowest BCUT2D eigenvalue weighted by atomic mass is 10.2. The van der Waals surface area contributed by atoms with Gasteiger partial charge in [-0.15, -0.1) is 11.8 Å².